The number of fused-ring (bicyclic) bond motifs is 3. The van der Waals surface area contributed by atoms with Crippen molar-refractivity contribution in [3.05, 3.63) is 41.5 Å². The van der Waals surface area contributed by atoms with Crippen LogP contribution in [0.2, 0.25) is 0 Å². The van der Waals surface area contributed by atoms with Gasteiger partial charge in [-0.1, -0.05) is 12.1 Å². The Bertz CT molecular complexity index is 717. The van der Waals surface area contributed by atoms with Gasteiger partial charge in [-0.15, -0.1) is 10.2 Å². The van der Waals surface area contributed by atoms with Gasteiger partial charge in [-0.25, -0.2) is 4.39 Å². The summed E-state index contributed by atoms with van der Waals surface area (Å²) in [6, 6.07) is 6.89. The van der Waals surface area contributed by atoms with E-state index in [1.165, 1.54) is 6.07 Å². The number of hydrogen-bond acceptors (Lipinski definition) is 3. The number of halogens is 1. The summed E-state index contributed by atoms with van der Waals surface area (Å²) in [7, 11) is 0. The van der Waals surface area contributed by atoms with Crippen LogP contribution in [0.5, 0.6) is 0 Å². The van der Waals surface area contributed by atoms with Crippen LogP contribution >= 0.6 is 0 Å². The molecule has 0 aliphatic rings. The molecule has 0 saturated carbocycles. The van der Waals surface area contributed by atoms with E-state index in [-0.39, 0.29) is 12.4 Å². The SMILES string of the molecule is Cc1cc2nnc(CN)n2c2c(F)cccc12. The second-order valence-corrected chi connectivity index (χ2v) is 3.98. The van der Waals surface area contributed by atoms with E-state index in [1.54, 1.807) is 10.5 Å². The maximum absolute atomic E-state index is 14.0. The number of aryl methyl sites for hydroxylation is 1. The van der Waals surface area contributed by atoms with Gasteiger partial charge < -0.3 is 5.73 Å². The molecule has 4 nitrogen and oxygen atoms in total. The molecule has 2 aromatic heterocycles. The third-order valence-electron chi connectivity index (χ3n) is 2.92. The Morgan fingerprint density at radius 3 is 2.94 bits per heavy atom. The molecule has 1 aromatic carbocycles. The first-order valence-corrected chi connectivity index (χ1v) is 5.34. The Balaban J connectivity index is 2.63. The number of nitrogens with two attached hydrogens (primary N) is 1. The molecule has 3 rings (SSSR count). The first kappa shape index (κ1) is 10.2. The second-order valence-electron chi connectivity index (χ2n) is 3.98. The number of para-hydroxylation sites is 1. The zero-order chi connectivity index (χ0) is 12.0. The minimum absolute atomic E-state index is 0.230. The quantitative estimate of drug-likeness (QED) is 0.693. The van der Waals surface area contributed by atoms with Crippen LogP contribution in [0.25, 0.3) is 16.6 Å². The smallest absolute Gasteiger partial charge is 0.161 e. The van der Waals surface area contributed by atoms with E-state index in [0.717, 1.165) is 10.9 Å². The van der Waals surface area contributed by atoms with Gasteiger partial charge in [-0.05, 0) is 24.6 Å². The molecule has 0 unspecified atom stereocenters. The highest BCUT2D eigenvalue weighted by atomic mass is 19.1. The number of pyridine rings is 1. The predicted octanol–water partition coefficient (Wildman–Crippen LogP) is 1.79. The summed E-state index contributed by atoms with van der Waals surface area (Å²) in [5.41, 5.74) is 7.69. The van der Waals surface area contributed by atoms with E-state index >= 15 is 0 Å². The number of nitrogens with zero attached hydrogens (tertiary/aromatic N) is 3. The average Bonchev–Trinajstić information content (AvgIpc) is 2.72. The monoisotopic (exact) mass is 230 g/mol. The highest BCUT2D eigenvalue weighted by Gasteiger charge is 2.12. The van der Waals surface area contributed by atoms with Crippen LogP contribution in [-0.4, -0.2) is 14.6 Å². The summed E-state index contributed by atoms with van der Waals surface area (Å²) in [6.45, 7) is 2.16. The fourth-order valence-corrected chi connectivity index (χ4v) is 2.13. The molecule has 0 atom stereocenters. The molecule has 0 spiro atoms. The molecule has 3 aromatic rings. The maximum Gasteiger partial charge on any atom is 0.161 e. The molecule has 0 aliphatic carbocycles. The fraction of sp³-hybridized carbons (Fsp3) is 0.167. The molecular formula is C12H11FN4. The lowest BCUT2D eigenvalue weighted by Gasteiger charge is -2.07. The summed E-state index contributed by atoms with van der Waals surface area (Å²) in [5, 5.41) is 8.83. The molecular weight excluding hydrogens is 219 g/mol. The van der Waals surface area contributed by atoms with Crippen molar-refractivity contribution in [1.29, 1.82) is 0 Å². The van der Waals surface area contributed by atoms with Crippen LogP contribution in [0, 0.1) is 12.7 Å². The number of hydrogen-bond donors (Lipinski definition) is 1. The third kappa shape index (κ3) is 1.32. The number of aromatic nitrogens is 3. The van der Waals surface area contributed by atoms with Gasteiger partial charge in [0.1, 0.15) is 5.82 Å². The normalized spacial score (nSPS) is 11.5. The van der Waals surface area contributed by atoms with Crippen LogP contribution in [0.4, 0.5) is 4.39 Å². The molecule has 0 bridgehead atoms. The van der Waals surface area contributed by atoms with Gasteiger partial charge in [0.25, 0.3) is 0 Å². The standard InChI is InChI=1S/C12H11FN4/c1-7-5-10-15-16-11(6-14)17(10)12-8(7)3-2-4-9(12)13/h2-5H,6,14H2,1H3. The van der Waals surface area contributed by atoms with Crippen LogP contribution in [-0.2, 0) is 6.54 Å². The maximum atomic E-state index is 14.0. The Kier molecular flexibility index (Phi) is 2.09. The lowest BCUT2D eigenvalue weighted by molar-refractivity contribution is 0.634. The third-order valence-corrected chi connectivity index (χ3v) is 2.92. The number of rotatable bonds is 1. The van der Waals surface area contributed by atoms with E-state index in [0.29, 0.717) is 17.0 Å². The molecule has 0 saturated heterocycles. The summed E-state index contributed by atoms with van der Waals surface area (Å²) in [4.78, 5) is 0. The zero-order valence-corrected chi connectivity index (χ0v) is 9.31. The van der Waals surface area contributed by atoms with Crippen molar-refractivity contribution >= 4 is 16.6 Å². The van der Waals surface area contributed by atoms with Gasteiger partial charge in [0, 0.05) is 5.39 Å². The van der Waals surface area contributed by atoms with Crippen molar-refractivity contribution in [3.63, 3.8) is 0 Å². The van der Waals surface area contributed by atoms with E-state index in [9.17, 15) is 4.39 Å². The van der Waals surface area contributed by atoms with Gasteiger partial charge in [-0.3, -0.25) is 4.40 Å². The molecule has 86 valence electrons. The van der Waals surface area contributed by atoms with Crippen LogP contribution < -0.4 is 5.73 Å². The number of benzene rings is 1. The van der Waals surface area contributed by atoms with Crippen molar-refractivity contribution < 1.29 is 4.39 Å². The van der Waals surface area contributed by atoms with Crippen molar-refractivity contribution in [3.8, 4) is 0 Å². The second kappa shape index (κ2) is 3.49. The van der Waals surface area contributed by atoms with Gasteiger partial charge in [0.2, 0.25) is 0 Å². The van der Waals surface area contributed by atoms with E-state index in [1.807, 2.05) is 19.1 Å². The van der Waals surface area contributed by atoms with E-state index < -0.39 is 0 Å². The summed E-state index contributed by atoms with van der Waals surface area (Å²) in [5.74, 6) is 0.279. The van der Waals surface area contributed by atoms with E-state index in [4.69, 9.17) is 5.73 Å². The van der Waals surface area contributed by atoms with Crippen molar-refractivity contribution in [2.75, 3.05) is 0 Å². The Hall–Kier alpha value is -2.01. The molecule has 0 fully saturated rings. The van der Waals surface area contributed by atoms with Gasteiger partial charge in [-0.2, -0.15) is 0 Å². The Labute approximate surface area is 96.9 Å². The molecule has 2 heterocycles. The van der Waals surface area contributed by atoms with Gasteiger partial charge in [0.15, 0.2) is 11.5 Å². The van der Waals surface area contributed by atoms with E-state index in [2.05, 4.69) is 10.2 Å². The fourth-order valence-electron chi connectivity index (χ4n) is 2.13. The lowest BCUT2D eigenvalue weighted by Crippen LogP contribution is -2.04. The summed E-state index contributed by atoms with van der Waals surface area (Å²) in [6.07, 6.45) is 0. The average molecular weight is 230 g/mol. The molecule has 2 N–H and O–H groups in total. The Morgan fingerprint density at radius 1 is 1.35 bits per heavy atom. The summed E-state index contributed by atoms with van der Waals surface area (Å²) < 4.78 is 15.7. The largest absolute Gasteiger partial charge is 0.324 e. The van der Waals surface area contributed by atoms with Crippen molar-refractivity contribution in [1.82, 2.24) is 14.6 Å². The van der Waals surface area contributed by atoms with Crippen molar-refractivity contribution in [2.24, 2.45) is 5.73 Å². The first-order chi connectivity index (χ1) is 8.22. The Morgan fingerprint density at radius 2 is 2.18 bits per heavy atom. The minimum atomic E-state index is -0.286. The minimum Gasteiger partial charge on any atom is -0.324 e. The molecule has 0 radical (unpaired) electrons. The lowest BCUT2D eigenvalue weighted by atomic mass is 10.1. The van der Waals surface area contributed by atoms with Gasteiger partial charge in [0.05, 0.1) is 12.1 Å². The highest BCUT2D eigenvalue weighted by Crippen LogP contribution is 2.23. The topological polar surface area (TPSA) is 56.2 Å². The zero-order valence-electron chi connectivity index (χ0n) is 9.31. The highest BCUT2D eigenvalue weighted by molar-refractivity contribution is 5.86. The first-order valence-electron chi connectivity index (χ1n) is 5.34. The molecule has 17 heavy (non-hydrogen) atoms. The van der Waals surface area contributed by atoms with Crippen molar-refractivity contribution in [2.45, 2.75) is 13.5 Å². The molecule has 0 amide bonds. The van der Waals surface area contributed by atoms with Crippen LogP contribution in [0.3, 0.4) is 0 Å². The molecule has 5 heteroatoms. The van der Waals surface area contributed by atoms with Crippen LogP contribution in [0.1, 0.15) is 11.4 Å². The van der Waals surface area contributed by atoms with Gasteiger partial charge >= 0.3 is 0 Å². The summed E-state index contributed by atoms with van der Waals surface area (Å²) >= 11 is 0. The van der Waals surface area contributed by atoms with Crippen LogP contribution in [0.15, 0.2) is 24.3 Å². The predicted molar refractivity (Wildman–Crippen MR) is 63.1 cm³/mol. The molecule has 0 aliphatic heterocycles.